The molecule has 3 heterocycles. The number of aromatic nitrogens is 3. The minimum Gasteiger partial charge on any atom is -0.368 e. The van der Waals surface area contributed by atoms with Gasteiger partial charge in [0.1, 0.15) is 5.82 Å². The number of anilines is 1. The fourth-order valence-electron chi connectivity index (χ4n) is 3.94. The molecule has 0 unspecified atom stereocenters. The number of thiazole rings is 1. The summed E-state index contributed by atoms with van der Waals surface area (Å²) in [6.45, 7) is 2.30. The van der Waals surface area contributed by atoms with Crippen LogP contribution in [0.25, 0.3) is 21.8 Å². The average Bonchev–Trinajstić information content (AvgIpc) is 3.47. The molecule has 0 bridgehead atoms. The second-order valence-electron chi connectivity index (χ2n) is 7.58. The van der Waals surface area contributed by atoms with Crippen molar-refractivity contribution in [3.05, 3.63) is 47.4 Å². The predicted molar refractivity (Wildman–Crippen MR) is 110 cm³/mol. The van der Waals surface area contributed by atoms with Crippen molar-refractivity contribution in [2.45, 2.75) is 37.6 Å². The maximum atomic E-state index is 13.4. The van der Waals surface area contributed by atoms with Crippen molar-refractivity contribution in [1.29, 1.82) is 0 Å². The van der Waals surface area contributed by atoms with Crippen molar-refractivity contribution in [2.24, 2.45) is 0 Å². The van der Waals surface area contributed by atoms with Crippen LogP contribution in [0.2, 0.25) is 0 Å². The lowest BCUT2D eigenvalue weighted by molar-refractivity contribution is 0.203. The van der Waals surface area contributed by atoms with Crippen LogP contribution in [0.5, 0.6) is 0 Å². The van der Waals surface area contributed by atoms with Gasteiger partial charge in [0.05, 0.1) is 21.3 Å². The van der Waals surface area contributed by atoms with E-state index >= 15 is 0 Å². The summed E-state index contributed by atoms with van der Waals surface area (Å²) in [5.41, 5.74) is 8.32. The molecule has 1 saturated heterocycles. The largest absolute Gasteiger partial charge is 0.368 e. The molecule has 5 nitrogen and oxygen atoms in total. The maximum Gasteiger partial charge on any atom is 0.220 e. The van der Waals surface area contributed by atoms with Crippen LogP contribution in [-0.2, 0) is 0 Å². The normalized spacial score (nSPS) is 18.5. The summed E-state index contributed by atoms with van der Waals surface area (Å²) in [4.78, 5) is 17.0. The summed E-state index contributed by atoms with van der Waals surface area (Å²) < 4.78 is 13.4. The molecule has 144 valence electrons. The first-order chi connectivity index (χ1) is 13.7. The molecule has 0 radical (unpaired) electrons. The first kappa shape index (κ1) is 17.7. The fraction of sp³-hybridized carbons (Fsp3) is 0.381. The summed E-state index contributed by atoms with van der Waals surface area (Å²) in [6, 6.07) is 9.18. The number of rotatable bonds is 4. The molecule has 2 N–H and O–H groups in total. The van der Waals surface area contributed by atoms with E-state index in [1.54, 1.807) is 29.7 Å². The number of likely N-dealkylation sites (tertiary alicyclic amines) is 1. The second-order valence-corrected chi connectivity index (χ2v) is 8.61. The van der Waals surface area contributed by atoms with E-state index in [2.05, 4.69) is 14.9 Å². The molecule has 3 aromatic rings. The van der Waals surface area contributed by atoms with E-state index in [0.29, 0.717) is 5.92 Å². The average molecular weight is 396 g/mol. The number of benzene rings is 1. The maximum absolute atomic E-state index is 13.4. The molecule has 1 aliphatic heterocycles. The summed E-state index contributed by atoms with van der Waals surface area (Å²) >= 11 is 1.68. The highest BCUT2D eigenvalue weighted by Gasteiger charge is 2.33. The van der Waals surface area contributed by atoms with Gasteiger partial charge in [0.25, 0.3) is 0 Å². The monoisotopic (exact) mass is 395 g/mol. The molecule has 7 heteroatoms. The number of piperidine rings is 1. The standard InChI is InChI=1S/C21H22FN5S/c22-15-3-1-13(2-4-15)18-19(17-7-10-24-21(23)25-17)28-20(26-18)14-8-11-27(12-9-14)16-5-6-16/h1-4,7,10,14,16H,5-6,8-9,11-12H2,(H2,23,24,25). The lowest BCUT2D eigenvalue weighted by Gasteiger charge is -2.30. The zero-order valence-corrected chi connectivity index (χ0v) is 16.3. The van der Waals surface area contributed by atoms with Crippen molar-refractivity contribution in [2.75, 3.05) is 18.8 Å². The van der Waals surface area contributed by atoms with Crippen LogP contribution in [-0.4, -0.2) is 39.0 Å². The second kappa shape index (κ2) is 7.22. The van der Waals surface area contributed by atoms with Gasteiger partial charge in [-0.05, 0) is 69.1 Å². The van der Waals surface area contributed by atoms with Crippen LogP contribution in [0, 0.1) is 5.82 Å². The SMILES string of the molecule is Nc1nccc(-c2sc(C3CCN(C4CC4)CC3)nc2-c2ccc(F)cc2)n1. The van der Waals surface area contributed by atoms with Crippen molar-refractivity contribution in [1.82, 2.24) is 19.9 Å². The van der Waals surface area contributed by atoms with E-state index in [4.69, 9.17) is 10.7 Å². The Kier molecular flexibility index (Phi) is 4.56. The number of hydrogen-bond acceptors (Lipinski definition) is 6. The Hall–Kier alpha value is -2.38. The van der Waals surface area contributed by atoms with Gasteiger partial charge >= 0.3 is 0 Å². The third-order valence-electron chi connectivity index (χ3n) is 5.61. The number of nitrogens with two attached hydrogens (primary N) is 1. The summed E-state index contributed by atoms with van der Waals surface area (Å²) in [5, 5.41) is 1.14. The minimum absolute atomic E-state index is 0.246. The number of nitrogen functional groups attached to an aromatic ring is 1. The zero-order valence-electron chi connectivity index (χ0n) is 15.5. The van der Waals surface area contributed by atoms with Crippen molar-refractivity contribution < 1.29 is 4.39 Å². The molecular weight excluding hydrogens is 373 g/mol. The highest BCUT2D eigenvalue weighted by atomic mass is 32.1. The van der Waals surface area contributed by atoms with E-state index in [1.165, 1.54) is 25.0 Å². The molecule has 1 aromatic carbocycles. The Bertz CT molecular complexity index is 975. The van der Waals surface area contributed by atoms with E-state index in [9.17, 15) is 4.39 Å². The third kappa shape index (κ3) is 3.52. The Morgan fingerprint density at radius 2 is 1.75 bits per heavy atom. The Balaban J connectivity index is 1.50. The number of nitrogens with zero attached hydrogens (tertiary/aromatic N) is 4. The van der Waals surface area contributed by atoms with Crippen LogP contribution < -0.4 is 5.73 Å². The quantitative estimate of drug-likeness (QED) is 0.712. The number of halogens is 1. The fourth-order valence-corrected chi connectivity index (χ4v) is 5.17. The first-order valence-corrected chi connectivity index (χ1v) is 10.6. The van der Waals surface area contributed by atoms with E-state index in [-0.39, 0.29) is 11.8 Å². The van der Waals surface area contributed by atoms with Crippen LogP contribution >= 0.6 is 11.3 Å². The van der Waals surface area contributed by atoms with Crippen molar-refractivity contribution >= 4 is 17.3 Å². The third-order valence-corrected chi connectivity index (χ3v) is 6.85. The lowest BCUT2D eigenvalue weighted by atomic mass is 9.97. The van der Waals surface area contributed by atoms with Crippen LogP contribution in [0.15, 0.2) is 36.5 Å². The van der Waals surface area contributed by atoms with Gasteiger partial charge in [-0.25, -0.2) is 19.3 Å². The van der Waals surface area contributed by atoms with E-state index in [1.807, 2.05) is 6.07 Å². The topological polar surface area (TPSA) is 67.9 Å². The van der Waals surface area contributed by atoms with Crippen molar-refractivity contribution in [3.8, 4) is 21.8 Å². The zero-order chi connectivity index (χ0) is 19.1. The Morgan fingerprint density at radius 3 is 2.43 bits per heavy atom. The molecule has 28 heavy (non-hydrogen) atoms. The van der Waals surface area contributed by atoms with Crippen molar-refractivity contribution in [3.63, 3.8) is 0 Å². The van der Waals surface area contributed by atoms with Crippen LogP contribution in [0.3, 0.4) is 0 Å². The van der Waals surface area contributed by atoms with Gasteiger partial charge in [0, 0.05) is 23.7 Å². The molecule has 2 aliphatic rings. The smallest absolute Gasteiger partial charge is 0.220 e. The van der Waals surface area contributed by atoms with Crippen LogP contribution in [0.1, 0.15) is 36.6 Å². The molecule has 0 amide bonds. The Morgan fingerprint density at radius 1 is 1.00 bits per heavy atom. The van der Waals surface area contributed by atoms with E-state index in [0.717, 1.165) is 58.8 Å². The lowest BCUT2D eigenvalue weighted by Crippen LogP contribution is -2.34. The molecule has 1 saturated carbocycles. The van der Waals surface area contributed by atoms with Gasteiger partial charge in [-0.3, -0.25) is 0 Å². The molecule has 1 aliphatic carbocycles. The van der Waals surface area contributed by atoms with Gasteiger partial charge < -0.3 is 10.6 Å². The number of hydrogen-bond donors (Lipinski definition) is 1. The van der Waals surface area contributed by atoms with Crippen LogP contribution in [0.4, 0.5) is 10.3 Å². The highest BCUT2D eigenvalue weighted by molar-refractivity contribution is 7.15. The summed E-state index contributed by atoms with van der Waals surface area (Å²) in [6.07, 6.45) is 6.65. The van der Waals surface area contributed by atoms with Gasteiger partial charge in [0.15, 0.2) is 0 Å². The van der Waals surface area contributed by atoms with Gasteiger partial charge in [-0.1, -0.05) is 0 Å². The molecule has 2 aromatic heterocycles. The highest BCUT2D eigenvalue weighted by Crippen LogP contribution is 2.42. The van der Waals surface area contributed by atoms with E-state index < -0.39 is 0 Å². The Labute approximate surface area is 167 Å². The molecule has 2 fully saturated rings. The molecule has 0 atom stereocenters. The summed E-state index contributed by atoms with van der Waals surface area (Å²) in [7, 11) is 0. The van der Waals surface area contributed by atoms with Gasteiger partial charge in [0.2, 0.25) is 5.95 Å². The van der Waals surface area contributed by atoms with Gasteiger partial charge in [-0.15, -0.1) is 11.3 Å². The minimum atomic E-state index is -0.250. The molecule has 0 spiro atoms. The molecule has 5 rings (SSSR count). The first-order valence-electron chi connectivity index (χ1n) is 9.77. The predicted octanol–water partition coefficient (Wildman–Crippen LogP) is 4.33. The molecular formula is C21H22FN5S. The van der Waals surface area contributed by atoms with Gasteiger partial charge in [-0.2, -0.15) is 0 Å². The summed E-state index contributed by atoms with van der Waals surface area (Å²) in [5.74, 6) is 0.460.